The first kappa shape index (κ1) is 46.9. The van der Waals surface area contributed by atoms with Crippen molar-refractivity contribution in [2.45, 2.75) is 9.79 Å². The van der Waals surface area contributed by atoms with Gasteiger partial charge in [0.2, 0.25) is 0 Å². The Labute approximate surface area is 239 Å². The molecule has 2 aromatic carbocycles. The predicted octanol–water partition coefficient (Wildman–Crippen LogP) is 7.54. The Morgan fingerprint density at radius 3 is 0.562 bits per heavy atom. The summed E-state index contributed by atoms with van der Waals surface area (Å²) in [5, 5.41) is 0. The van der Waals surface area contributed by atoms with E-state index in [0.29, 0.717) is 0 Å². The van der Waals surface area contributed by atoms with Crippen LogP contribution >= 0.6 is 31.7 Å². The minimum absolute atomic E-state index is 0. The summed E-state index contributed by atoms with van der Waals surface area (Å²) in [7, 11) is 0.481. The van der Waals surface area contributed by atoms with Gasteiger partial charge in [-0.15, -0.1) is 0 Å². The van der Waals surface area contributed by atoms with E-state index in [0.717, 1.165) is 9.79 Å². The van der Waals surface area contributed by atoms with Crippen molar-refractivity contribution in [3.8, 4) is 0 Å². The molecule has 0 saturated carbocycles. The molecule has 0 aliphatic carbocycles. The van der Waals surface area contributed by atoms with Gasteiger partial charge in [0, 0.05) is 80.0 Å². The maximum absolute atomic E-state index is 4.81. The largest absolute Gasteiger partial charge is 1.00 e. The standard InChI is InChI=1S/2C6H6S.4C3H9P.2Cu/c2*7-6-4-2-1-3-5-6;4*1-4(2)3;;/h2*1-5,7H;4*1-3H3;;/q;;;;;;2*+1/p+2. The van der Waals surface area contributed by atoms with Crippen LogP contribution in [0.2, 0.25) is 0 Å². The van der Waals surface area contributed by atoms with Crippen molar-refractivity contribution in [1.82, 2.24) is 0 Å². The number of hydrogen-bond acceptors (Lipinski definition) is 2. The van der Waals surface area contributed by atoms with Crippen molar-refractivity contribution < 1.29 is 34.1 Å². The van der Waals surface area contributed by atoms with Crippen LogP contribution in [0.25, 0.3) is 0 Å². The van der Waals surface area contributed by atoms with E-state index in [1.807, 2.05) is 60.7 Å². The van der Waals surface area contributed by atoms with Gasteiger partial charge >= 0.3 is 34.1 Å². The molecule has 0 N–H and O–H groups in total. The van der Waals surface area contributed by atoms with E-state index in [1.54, 1.807) is 0 Å². The summed E-state index contributed by atoms with van der Waals surface area (Å²) in [5.74, 6) is 0. The van der Waals surface area contributed by atoms with Crippen LogP contribution in [0, 0.1) is 0 Å². The van der Waals surface area contributed by atoms with Crippen LogP contribution in [0.4, 0.5) is 0 Å². The molecule has 0 amide bonds. The third-order valence-corrected chi connectivity index (χ3v) is 2.03. The smallest absolute Gasteiger partial charge is 0.780 e. The first-order valence-corrected chi connectivity index (χ1v) is 23.0. The van der Waals surface area contributed by atoms with Crippen LogP contribution in [0.15, 0.2) is 70.5 Å². The Bertz CT molecular complexity index is 458. The molecule has 196 valence electrons. The zero-order valence-electron chi connectivity index (χ0n) is 22.2. The Kier molecular flexibility index (Phi) is 54.5. The van der Waals surface area contributed by atoms with E-state index < -0.39 is 0 Å². The van der Waals surface area contributed by atoms with Gasteiger partial charge < -0.3 is 25.3 Å². The molecule has 2 rings (SSSR count). The van der Waals surface area contributed by atoms with Gasteiger partial charge in [-0.25, -0.2) is 0 Å². The molecule has 0 atom stereocenters. The minimum atomic E-state index is 0. The second kappa shape index (κ2) is 37.2. The topological polar surface area (TPSA) is 0 Å². The molecule has 0 aromatic heterocycles. The van der Waals surface area contributed by atoms with Crippen LogP contribution in [-0.2, 0) is 59.4 Å². The molecular weight excluding hydrogens is 603 g/mol. The summed E-state index contributed by atoms with van der Waals surface area (Å²) >= 11 is 9.62. The van der Waals surface area contributed by atoms with Gasteiger partial charge in [0.25, 0.3) is 0 Å². The molecule has 0 bridgehead atoms. The van der Waals surface area contributed by atoms with E-state index in [1.165, 1.54) is 0 Å². The number of rotatable bonds is 0. The quantitative estimate of drug-likeness (QED) is 0.164. The first-order chi connectivity index (χ1) is 13.7. The van der Waals surface area contributed by atoms with Gasteiger partial charge in [0.15, 0.2) is 0 Å². The molecule has 0 aliphatic rings. The summed E-state index contributed by atoms with van der Waals surface area (Å²) in [6, 6.07) is 19.2. The third-order valence-electron chi connectivity index (χ3n) is 1.49. The zero-order valence-corrected chi connectivity index (χ0v) is 29.7. The van der Waals surface area contributed by atoms with Crippen molar-refractivity contribution in [2.24, 2.45) is 0 Å². The van der Waals surface area contributed by atoms with Gasteiger partial charge in [-0.3, -0.25) is 0 Å². The molecule has 8 heteroatoms. The first-order valence-electron chi connectivity index (χ1n) is 10.2. The second-order valence-electron chi connectivity index (χ2n) is 8.63. The van der Waals surface area contributed by atoms with Gasteiger partial charge in [0.05, 0.1) is 0 Å². The fourth-order valence-electron chi connectivity index (χ4n) is 0.841. The van der Waals surface area contributed by atoms with Crippen LogP contribution in [-0.4, -0.2) is 80.0 Å². The van der Waals surface area contributed by atoms with Gasteiger partial charge in [-0.2, -0.15) is 9.79 Å². The number of hydrogen-bond donors (Lipinski definition) is 0. The van der Waals surface area contributed by atoms with Crippen LogP contribution in [0.5, 0.6) is 0 Å². The van der Waals surface area contributed by atoms with Crippen molar-refractivity contribution in [3.63, 3.8) is 0 Å². The number of benzene rings is 2. The molecule has 2 aromatic rings. The van der Waals surface area contributed by atoms with Crippen molar-refractivity contribution >= 4 is 56.9 Å². The minimum Gasteiger partial charge on any atom is -0.780 e. The molecule has 0 spiro atoms. The van der Waals surface area contributed by atoms with E-state index in [9.17, 15) is 0 Å². The predicted molar refractivity (Wildman–Crippen MR) is 168 cm³/mol. The molecule has 0 fully saturated rings. The Morgan fingerprint density at radius 2 is 0.500 bits per heavy atom. The molecule has 0 heterocycles. The van der Waals surface area contributed by atoms with Crippen molar-refractivity contribution in [3.05, 3.63) is 60.7 Å². The van der Waals surface area contributed by atoms with Crippen LogP contribution < -0.4 is 0 Å². The van der Waals surface area contributed by atoms with Crippen molar-refractivity contribution in [1.29, 1.82) is 0 Å². The van der Waals surface area contributed by atoms with Gasteiger partial charge in [-0.1, -0.05) is 60.7 Å². The summed E-state index contributed by atoms with van der Waals surface area (Å²) in [6.45, 7) is 27.2. The summed E-state index contributed by atoms with van der Waals surface area (Å²) in [5.41, 5.74) is 0. The average Bonchev–Trinajstić information content (AvgIpc) is 2.55. The summed E-state index contributed by atoms with van der Waals surface area (Å²) < 4.78 is 0. The SMILES string of the molecule is C[PH+](C)C.C[PH+](C)C.C[PH+](C)C.C[PH+](C)C.[Cu+].[Cu+].[S-]c1ccccc1.[S-]c1ccccc1. The van der Waals surface area contributed by atoms with E-state index in [2.05, 4.69) is 80.0 Å². The zero-order chi connectivity index (χ0) is 24.5. The third kappa shape index (κ3) is 95.5. The Morgan fingerprint density at radius 1 is 0.375 bits per heavy atom. The maximum Gasteiger partial charge on any atom is 1.00 e. The molecular formula is C24H50Cu2P4S2+4. The molecule has 0 radical (unpaired) electrons. The Balaban J connectivity index is -0.0000000643. The maximum atomic E-state index is 4.81. The van der Waals surface area contributed by atoms with Gasteiger partial charge in [0.1, 0.15) is 0 Å². The monoisotopic (exact) mass is 652 g/mol. The fourth-order valence-corrected chi connectivity index (χ4v) is 1.16. The summed E-state index contributed by atoms with van der Waals surface area (Å²) in [6.07, 6.45) is 0. The normalized spacial score (nSPS) is 8.25. The van der Waals surface area contributed by atoms with E-state index in [4.69, 9.17) is 25.3 Å². The fraction of sp³-hybridized carbons (Fsp3) is 0.500. The molecule has 0 nitrogen and oxygen atoms in total. The Hall–Kier alpha value is 1.64. The average molecular weight is 654 g/mol. The van der Waals surface area contributed by atoms with E-state index in [-0.39, 0.29) is 65.8 Å². The summed E-state index contributed by atoms with van der Waals surface area (Å²) in [4.78, 5) is 1.81. The molecule has 0 aliphatic heterocycles. The molecule has 0 saturated heterocycles. The molecule has 0 unspecified atom stereocenters. The van der Waals surface area contributed by atoms with Crippen LogP contribution in [0.3, 0.4) is 0 Å². The second-order valence-corrected chi connectivity index (χ2v) is 21.6. The van der Waals surface area contributed by atoms with Crippen molar-refractivity contribution in [2.75, 3.05) is 80.0 Å². The van der Waals surface area contributed by atoms with Gasteiger partial charge in [-0.05, 0) is 31.7 Å². The molecule has 32 heavy (non-hydrogen) atoms. The van der Waals surface area contributed by atoms with Crippen LogP contribution in [0.1, 0.15) is 0 Å². The van der Waals surface area contributed by atoms with E-state index >= 15 is 0 Å².